The van der Waals surface area contributed by atoms with Gasteiger partial charge in [-0.2, -0.15) is 13.2 Å². The van der Waals surface area contributed by atoms with E-state index in [0.717, 1.165) is 12.1 Å². The van der Waals surface area contributed by atoms with Crippen molar-refractivity contribution >= 4 is 5.97 Å². The Balaban J connectivity index is 1.90. The Morgan fingerprint density at radius 3 is 2.65 bits per heavy atom. The van der Waals surface area contributed by atoms with E-state index < -0.39 is 41.9 Å². The first kappa shape index (κ1) is 24.9. The maximum absolute atomic E-state index is 12.7. The molecular formula is C22H27F3O6. The topological polar surface area (TPSA) is 107 Å². The van der Waals surface area contributed by atoms with E-state index in [1.807, 2.05) is 0 Å². The first-order chi connectivity index (χ1) is 14.6. The van der Waals surface area contributed by atoms with E-state index in [0.29, 0.717) is 12.8 Å². The molecule has 1 aliphatic carbocycles. The number of hydrogen-bond donors (Lipinski definition) is 4. The first-order valence-electron chi connectivity index (χ1n) is 9.97. The predicted molar refractivity (Wildman–Crippen MR) is 106 cm³/mol. The van der Waals surface area contributed by atoms with Crippen molar-refractivity contribution in [2.24, 2.45) is 11.8 Å². The zero-order valence-electron chi connectivity index (χ0n) is 16.8. The van der Waals surface area contributed by atoms with Gasteiger partial charge in [0.2, 0.25) is 0 Å². The van der Waals surface area contributed by atoms with E-state index in [9.17, 15) is 33.3 Å². The standard InChI is InChI=1S/C22H27F3O6/c23-22(24,25)14-5-4-6-16(11-14)31-13-15(26)9-10-18-17(19(27)12-20(18)28)7-2-1-3-8-21(29)30/h1-2,4-6,9-11,15,17-20,26-28H,3,7-8,12-13H2,(H,29,30)/b2-1+,10-9+/t15-,17-,18?,19+,20-/m1/s1. The van der Waals surface area contributed by atoms with Crippen LogP contribution in [0.1, 0.15) is 31.2 Å². The average molecular weight is 444 g/mol. The number of allylic oxidation sites excluding steroid dienone is 2. The van der Waals surface area contributed by atoms with E-state index in [4.69, 9.17) is 9.84 Å². The smallest absolute Gasteiger partial charge is 0.416 e. The maximum Gasteiger partial charge on any atom is 0.416 e. The zero-order valence-corrected chi connectivity index (χ0v) is 16.8. The van der Waals surface area contributed by atoms with Crippen LogP contribution in [0.4, 0.5) is 13.2 Å². The number of halogens is 3. The molecule has 0 amide bonds. The van der Waals surface area contributed by atoms with Gasteiger partial charge in [0.05, 0.1) is 17.8 Å². The fourth-order valence-corrected chi connectivity index (χ4v) is 3.54. The molecule has 5 atom stereocenters. The lowest BCUT2D eigenvalue weighted by Crippen LogP contribution is -2.21. The van der Waals surface area contributed by atoms with E-state index in [-0.39, 0.29) is 31.1 Å². The van der Waals surface area contributed by atoms with E-state index in [1.54, 1.807) is 18.2 Å². The molecule has 1 aliphatic rings. The van der Waals surface area contributed by atoms with Crippen LogP contribution < -0.4 is 4.74 Å². The summed E-state index contributed by atoms with van der Waals surface area (Å²) in [5.41, 5.74) is -0.850. The highest BCUT2D eigenvalue weighted by molar-refractivity contribution is 5.66. The molecule has 0 spiro atoms. The van der Waals surface area contributed by atoms with E-state index in [1.165, 1.54) is 18.2 Å². The molecule has 0 radical (unpaired) electrons. The molecule has 6 nitrogen and oxygen atoms in total. The number of ether oxygens (including phenoxy) is 1. The Morgan fingerprint density at radius 1 is 1.23 bits per heavy atom. The van der Waals surface area contributed by atoms with Crippen molar-refractivity contribution in [2.45, 2.75) is 50.2 Å². The van der Waals surface area contributed by atoms with Gasteiger partial charge in [0.1, 0.15) is 18.5 Å². The Kier molecular flexibility index (Phi) is 9.09. The fraction of sp³-hybridized carbons (Fsp3) is 0.500. The van der Waals surface area contributed by atoms with Gasteiger partial charge in [0.25, 0.3) is 0 Å². The number of carboxylic acid groups (broad SMARTS) is 1. The molecule has 0 aromatic heterocycles. The molecule has 0 saturated heterocycles. The highest BCUT2D eigenvalue weighted by Gasteiger charge is 2.39. The third kappa shape index (κ3) is 8.01. The number of carbonyl (C=O) groups is 1. The number of benzene rings is 1. The first-order valence-corrected chi connectivity index (χ1v) is 9.97. The van der Waals surface area contributed by atoms with Crippen LogP contribution in [-0.2, 0) is 11.0 Å². The SMILES string of the molecule is O=C(O)CC/C=C/C[C@@H]1C(/C=C/[C@@H](O)COc2cccc(C(F)(F)F)c2)[C@H](O)C[C@@H]1O. The second-order valence-electron chi connectivity index (χ2n) is 7.54. The maximum atomic E-state index is 12.7. The van der Waals surface area contributed by atoms with Crippen molar-refractivity contribution < 1.29 is 43.1 Å². The Hall–Kier alpha value is -2.36. The predicted octanol–water partition coefficient (Wildman–Crippen LogP) is 3.17. The van der Waals surface area contributed by atoms with Crippen LogP contribution in [-0.4, -0.2) is 51.3 Å². The van der Waals surface area contributed by atoms with Crippen LogP contribution in [0.3, 0.4) is 0 Å². The lowest BCUT2D eigenvalue weighted by atomic mass is 9.89. The van der Waals surface area contributed by atoms with Crippen LogP contribution in [0.5, 0.6) is 5.75 Å². The number of aliphatic hydroxyl groups is 3. The summed E-state index contributed by atoms with van der Waals surface area (Å²) in [7, 11) is 0. The van der Waals surface area contributed by atoms with Gasteiger partial charge in [-0.1, -0.05) is 30.4 Å². The van der Waals surface area contributed by atoms with Crippen LogP contribution in [0.15, 0.2) is 48.6 Å². The molecule has 0 bridgehead atoms. The number of alkyl halides is 3. The lowest BCUT2D eigenvalue weighted by molar-refractivity contribution is -0.138. The highest BCUT2D eigenvalue weighted by Crippen LogP contribution is 2.36. The van der Waals surface area contributed by atoms with Crippen molar-refractivity contribution in [1.29, 1.82) is 0 Å². The minimum atomic E-state index is -4.49. The Morgan fingerprint density at radius 2 is 1.97 bits per heavy atom. The number of rotatable bonds is 10. The monoisotopic (exact) mass is 444 g/mol. The number of aliphatic carboxylic acids is 1. The number of carboxylic acids is 1. The van der Waals surface area contributed by atoms with Crippen LogP contribution in [0, 0.1) is 11.8 Å². The molecule has 4 N–H and O–H groups in total. The molecule has 0 aliphatic heterocycles. The molecular weight excluding hydrogens is 417 g/mol. The molecule has 2 rings (SSSR count). The van der Waals surface area contributed by atoms with Crippen molar-refractivity contribution in [3.8, 4) is 5.75 Å². The molecule has 1 saturated carbocycles. The summed E-state index contributed by atoms with van der Waals surface area (Å²) in [5, 5.41) is 39.1. The summed E-state index contributed by atoms with van der Waals surface area (Å²) in [6.07, 6.45) is 0.279. The zero-order chi connectivity index (χ0) is 23.0. The molecule has 0 heterocycles. The van der Waals surface area contributed by atoms with Gasteiger partial charge in [-0.25, -0.2) is 0 Å². The van der Waals surface area contributed by atoms with Gasteiger partial charge in [-0.15, -0.1) is 0 Å². The van der Waals surface area contributed by atoms with Gasteiger partial charge < -0.3 is 25.2 Å². The van der Waals surface area contributed by atoms with Crippen molar-refractivity contribution in [3.05, 3.63) is 54.1 Å². The second kappa shape index (κ2) is 11.3. The molecule has 1 unspecified atom stereocenters. The van der Waals surface area contributed by atoms with Gasteiger partial charge in [-0.3, -0.25) is 4.79 Å². The number of aliphatic hydroxyl groups excluding tert-OH is 3. The Labute approximate surface area is 178 Å². The van der Waals surface area contributed by atoms with Crippen LogP contribution in [0.25, 0.3) is 0 Å². The largest absolute Gasteiger partial charge is 0.491 e. The van der Waals surface area contributed by atoms with Crippen LogP contribution >= 0.6 is 0 Å². The lowest BCUT2D eigenvalue weighted by Gasteiger charge is -2.19. The summed E-state index contributed by atoms with van der Waals surface area (Å²) in [4.78, 5) is 10.5. The second-order valence-corrected chi connectivity index (χ2v) is 7.54. The normalized spacial score (nSPS) is 25.4. The molecule has 172 valence electrons. The molecule has 31 heavy (non-hydrogen) atoms. The third-order valence-electron chi connectivity index (χ3n) is 5.15. The van der Waals surface area contributed by atoms with Gasteiger partial charge in [-0.05, 0) is 37.0 Å². The van der Waals surface area contributed by atoms with Gasteiger partial charge in [0, 0.05) is 18.8 Å². The quantitative estimate of drug-likeness (QED) is 0.413. The highest BCUT2D eigenvalue weighted by atomic mass is 19.4. The summed E-state index contributed by atoms with van der Waals surface area (Å²) >= 11 is 0. The summed E-state index contributed by atoms with van der Waals surface area (Å²) in [6.45, 7) is -0.275. The van der Waals surface area contributed by atoms with E-state index in [2.05, 4.69) is 0 Å². The summed E-state index contributed by atoms with van der Waals surface area (Å²) in [5.74, 6) is -1.66. The summed E-state index contributed by atoms with van der Waals surface area (Å²) < 4.78 is 43.5. The number of hydrogen-bond acceptors (Lipinski definition) is 5. The van der Waals surface area contributed by atoms with Crippen LogP contribution in [0.2, 0.25) is 0 Å². The molecule has 1 aromatic carbocycles. The van der Waals surface area contributed by atoms with Crippen molar-refractivity contribution in [2.75, 3.05) is 6.61 Å². The fourth-order valence-electron chi connectivity index (χ4n) is 3.54. The van der Waals surface area contributed by atoms with Crippen molar-refractivity contribution in [1.82, 2.24) is 0 Å². The summed E-state index contributed by atoms with van der Waals surface area (Å²) in [6, 6.07) is 4.34. The molecule has 1 aromatic rings. The minimum Gasteiger partial charge on any atom is -0.491 e. The Bertz CT molecular complexity index is 777. The van der Waals surface area contributed by atoms with Gasteiger partial charge in [0.15, 0.2) is 0 Å². The van der Waals surface area contributed by atoms with E-state index >= 15 is 0 Å². The third-order valence-corrected chi connectivity index (χ3v) is 5.15. The average Bonchev–Trinajstić information content (AvgIpc) is 2.96. The minimum absolute atomic E-state index is 0.00769. The molecule has 9 heteroatoms. The van der Waals surface area contributed by atoms with Crippen molar-refractivity contribution in [3.63, 3.8) is 0 Å². The molecule has 1 fully saturated rings. The van der Waals surface area contributed by atoms with Gasteiger partial charge >= 0.3 is 12.1 Å².